The summed E-state index contributed by atoms with van der Waals surface area (Å²) < 4.78 is 10.7. The maximum Gasteiger partial charge on any atom is 0.262 e. The molecule has 0 saturated carbocycles. The van der Waals surface area contributed by atoms with Gasteiger partial charge in [0.15, 0.2) is 6.61 Å². The number of ether oxygens (including phenoxy) is 2. The minimum atomic E-state index is -0.407. The highest BCUT2D eigenvalue weighted by Gasteiger charge is 2.35. The van der Waals surface area contributed by atoms with Crippen molar-refractivity contribution in [2.45, 2.75) is 32.7 Å². The van der Waals surface area contributed by atoms with Gasteiger partial charge >= 0.3 is 0 Å². The lowest BCUT2D eigenvalue weighted by atomic mass is 10.0. The molecule has 1 fully saturated rings. The standard InChI is InChI=1S/C30H33N3O5/c1-20(2)22-6-4-21(5-7-22)17-31-30(36)23-16-29(35)33(18-23)25-10-14-27(15-11-25)38-19-28(34)32-24-8-12-26(37-3)13-9-24/h4-15,20,23H,16-19H2,1-3H3,(H,31,36)(H,32,34)/t23-/m1/s1. The van der Waals surface area contributed by atoms with Gasteiger partial charge in [0.1, 0.15) is 11.5 Å². The number of rotatable bonds is 10. The summed E-state index contributed by atoms with van der Waals surface area (Å²) in [6.45, 7) is 4.88. The average molecular weight is 516 g/mol. The SMILES string of the molecule is COc1ccc(NC(=O)COc2ccc(N3C[C@H](C(=O)NCc4ccc(C(C)C)cc4)CC3=O)cc2)cc1. The molecule has 8 heteroatoms. The molecule has 0 bridgehead atoms. The van der Waals surface area contributed by atoms with E-state index in [1.807, 2.05) is 12.1 Å². The molecule has 1 saturated heterocycles. The lowest BCUT2D eigenvalue weighted by Crippen LogP contribution is -2.32. The molecule has 4 rings (SSSR count). The van der Waals surface area contributed by atoms with Crippen LogP contribution in [-0.4, -0.2) is 38.0 Å². The molecule has 0 aromatic heterocycles. The fraction of sp³-hybridized carbons (Fsp3) is 0.300. The first-order valence-electron chi connectivity index (χ1n) is 12.7. The van der Waals surface area contributed by atoms with Crippen molar-refractivity contribution in [2.24, 2.45) is 5.92 Å². The van der Waals surface area contributed by atoms with E-state index in [0.717, 1.165) is 5.56 Å². The summed E-state index contributed by atoms with van der Waals surface area (Å²) in [6, 6.07) is 22.1. The topological polar surface area (TPSA) is 97.0 Å². The minimum Gasteiger partial charge on any atom is -0.497 e. The Morgan fingerprint density at radius 3 is 2.24 bits per heavy atom. The third-order valence-electron chi connectivity index (χ3n) is 6.50. The van der Waals surface area contributed by atoms with Gasteiger partial charge in [0.2, 0.25) is 11.8 Å². The summed E-state index contributed by atoms with van der Waals surface area (Å²) >= 11 is 0. The molecule has 1 aliphatic rings. The second-order valence-electron chi connectivity index (χ2n) is 9.58. The quantitative estimate of drug-likeness (QED) is 0.414. The molecule has 0 spiro atoms. The van der Waals surface area contributed by atoms with Gasteiger partial charge in [-0.15, -0.1) is 0 Å². The maximum atomic E-state index is 12.7. The van der Waals surface area contributed by atoms with E-state index in [4.69, 9.17) is 9.47 Å². The van der Waals surface area contributed by atoms with Crippen molar-refractivity contribution in [1.29, 1.82) is 0 Å². The third kappa shape index (κ3) is 6.91. The first-order valence-corrected chi connectivity index (χ1v) is 12.7. The molecule has 0 aliphatic carbocycles. The summed E-state index contributed by atoms with van der Waals surface area (Å²) in [5.41, 5.74) is 3.61. The van der Waals surface area contributed by atoms with Crippen LogP contribution in [0.15, 0.2) is 72.8 Å². The van der Waals surface area contributed by atoms with E-state index in [0.29, 0.717) is 41.9 Å². The maximum absolute atomic E-state index is 12.7. The summed E-state index contributed by atoms with van der Waals surface area (Å²) in [5, 5.41) is 5.72. The molecule has 8 nitrogen and oxygen atoms in total. The van der Waals surface area contributed by atoms with Gasteiger partial charge in [-0.25, -0.2) is 0 Å². The van der Waals surface area contributed by atoms with Gasteiger partial charge in [-0.2, -0.15) is 0 Å². The predicted molar refractivity (Wildman–Crippen MR) is 146 cm³/mol. The van der Waals surface area contributed by atoms with Crippen LogP contribution in [0.25, 0.3) is 0 Å². The van der Waals surface area contributed by atoms with Crippen LogP contribution in [0.5, 0.6) is 11.5 Å². The number of benzene rings is 3. The van der Waals surface area contributed by atoms with E-state index < -0.39 is 5.92 Å². The zero-order chi connectivity index (χ0) is 27.1. The molecule has 3 aromatic rings. The van der Waals surface area contributed by atoms with E-state index in [1.165, 1.54) is 5.56 Å². The average Bonchev–Trinajstić information content (AvgIpc) is 3.33. The number of nitrogens with zero attached hydrogens (tertiary/aromatic N) is 1. The number of hydrogen-bond acceptors (Lipinski definition) is 5. The molecule has 3 aromatic carbocycles. The highest BCUT2D eigenvalue weighted by atomic mass is 16.5. The largest absolute Gasteiger partial charge is 0.497 e. The monoisotopic (exact) mass is 515 g/mol. The molecule has 2 N–H and O–H groups in total. The second kappa shape index (κ2) is 12.3. The lowest BCUT2D eigenvalue weighted by Gasteiger charge is -2.17. The lowest BCUT2D eigenvalue weighted by molar-refractivity contribution is -0.126. The van der Waals surface area contributed by atoms with Crippen molar-refractivity contribution in [2.75, 3.05) is 30.5 Å². The molecule has 38 heavy (non-hydrogen) atoms. The van der Waals surface area contributed by atoms with Crippen LogP contribution in [0.2, 0.25) is 0 Å². The van der Waals surface area contributed by atoms with Gasteiger partial charge < -0.3 is 25.0 Å². The van der Waals surface area contributed by atoms with Crippen molar-refractivity contribution >= 4 is 29.1 Å². The molecular formula is C30H33N3O5. The normalized spacial score (nSPS) is 14.9. The third-order valence-corrected chi connectivity index (χ3v) is 6.50. The highest BCUT2D eigenvalue weighted by molar-refractivity contribution is 6.00. The summed E-state index contributed by atoms with van der Waals surface area (Å²) in [7, 11) is 1.58. The molecule has 0 radical (unpaired) electrons. The van der Waals surface area contributed by atoms with Gasteiger partial charge in [-0.3, -0.25) is 14.4 Å². The Bertz CT molecular complexity index is 1250. The molecule has 198 valence electrons. The zero-order valence-electron chi connectivity index (χ0n) is 21.9. The van der Waals surface area contributed by atoms with Gasteiger partial charge in [-0.05, 0) is 65.6 Å². The Balaban J connectivity index is 1.24. The highest BCUT2D eigenvalue weighted by Crippen LogP contribution is 2.27. The van der Waals surface area contributed by atoms with Crippen LogP contribution in [-0.2, 0) is 20.9 Å². The van der Waals surface area contributed by atoms with Crippen molar-refractivity contribution in [3.8, 4) is 11.5 Å². The van der Waals surface area contributed by atoms with Crippen LogP contribution in [0.3, 0.4) is 0 Å². The number of amides is 3. The second-order valence-corrected chi connectivity index (χ2v) is 9.58. The molecule has 3 amide bonds. The first-order chi connectivity index (χ1) is 18.3. The first kappa shape index (κ1) is 26.7. The van der Waals surface area contributed by atoms with E-state index in [9.17, 15) is 14.4 Å². The minimum absolute atomic E-state index is 0.0982. The number of methoxy groups -OCH3 is 1. The fourth-order valence-electron chi connectivity index (χ4n) is 4.23. The fourth-order valence-corrected chi connectivity index (χ4v) is 4.23. The smallest absolute Gasteiger partial charge is 0.262 e. The Morgan fingerprint density at radius 1 is 0.947 bits per heavy atom. The van der Waals surface area contributed by atoms with Crippen LogP contribution < -0.4 is 25.0 Å². The summed E-state index contributed by atoms with van der Waals surface area (Å²) in [4.78, 5) is 39.2. The number of nitrogens with one attached hydrogen (secondary N) is 2. The van der Waals surface area contributed by atoms with Crippen molar-refractivity contribution < 1.29 is 23.9 Å². The van der Waals surface area contributed by atoms with Crippen molar-refractivity contribution in [3.05, 3.63) is 83.9 Å². The Labute approximate surface area is 222 Å². The molecule has 1 atom stereocenters. The van der Waals surface area contributed by atoms with Gasteiger partial charge in [0.25, 0.3) is 5.91 Å². The van der Waals surface area contributed by atoms with Crippen LogP contribution in [0, 0.1) is 5.92 Å². The predicted octanol–water partition coefficient (Wildman–Crippen LogP) is 4.51. The molecule has 0 unspecified atom stereocenters. The zero-order valence-corrected chi connectivity index (χ0v) is 21.9. The van der Waals surface area contributed by atoms with Crippen LogP contribution in [0.1, 0.15) is 37.3 Å². The van der Waals surface area contributed by atoms with Crippen LogP contribution >= 0.6 is 0 Å². The number of carbonyl (C=O) groups excluding carboxylic acids is 3. The van der Waals surface area contributed by atoms with Gasteiger partial charge in [0, 0.05) is 30.9 Å². The number of hydrogen-bond donors (Lipinski definition) is 2. The number of anilines is 2. The van der Waals surface area contributed by atoms with E-state index in [2.05, 4.69) is 36.6 Å². The van der Waals surface area contributed by atoms with E-state index in [1.54, 1.807) is 60.5 Å². The summed E-state index contributed by atoms with van der Waals surface area (Å²) in [6.07, 6.45) is 0.169. The van der Waals surface area contributed by atoms with E-state index in [-0.39, 0.29) is 30.7 Å². The Hall–Kier alpha value is -4.33. The molecular weight excluding hydrogens is 482 g/mol. The number of carbonyl (C=O) groups is 3. The summed E-state index contributed by atoms with van der Waals surface area (Å²) in [5.74, 6) is 0.738. The van der Waals surface area contributed by atoms with Crippen LogP contribution in [0.4, 0.5) is 11.4 Å². The van der Waals surface area contributed by atoms with Gasteiger partial charge in [0.05, 0.1) is 13.0 Å². The Morgan fingerprint density at radius 2 is 1.61 bits per heavy atom. The van der Waals surface area contributed by atoms with E-state index >= 15 is 0 Å². The Kier molecular flexibility index (Phi) is 8.63. The van der Waals surface area contributed by atoms with Gasteiger partial charge in [-0.1, -0.05) is 38.1 Å². The van der Waals surface area contributed by atoms with Crippen molar-refractivity contribution in [1.82, 2.24) is 5.32 Å². The molecule has 1 aliphatic heterocycles. The van der Waals surface area contributed by atoms with Crippen molar-refractivity contribution in [3.63, 3.8) is 0 Å². The molecule has 1 heterocycles.